The first kappa shape index (κ1) is 10.2. The summed E-state index contributed by atoms with van der Waals surface area (Å²) in [5.41, 5.74) is 0. The summed E-state index contributed by atoms with van der Waals surface area (Å²) in [4.78, 5) is 10.9. The lowest BCUT2D eigenvalue weighted by Gasteiger charge is -2.20. The third-order valence-electron chi connectivity index (χ3n) is 2.75. The Morgan fingerprint density at radius 3 is 3.18 bits per heavy atom. The summed E-state index contributed by atoms with van der Waals surface area (Å²) < 4.78 is 5.27. The zero-order chi connectivity index (χ0) is 11.5. The second-order valence-electron chi connectivity index (χ2n) is 3.92. The summed E-state index contributed by atoms with van der Waals surface area (Å²) in [5.74, 6) is 2.70. The highest BCUT2D eigenvalue weighted by atomic mass is 16.3. The van der Waals surface area contributed by atoms with Crippen LogP contribution >= 0.6 is 0 Å². The number of nitrogens with zero attached hydrogens (tertiary/aromatic N) is 3. The average Bonchev–Trinajstić information content (AvgIpc) is 3.09. The Bertz CT molecular complexity index is 437. The molecule has 17 heavy (non-hydrogen) atoms. The molecule has 3 rings (SSSR count). The largest absolute Gasteiger partial charge is 0.467 e. The second-order valence-corrected chi connectivity index (χ2v) is 3.92. The van der Waals surface area contributed by atoms with Crippen LogP contribution in [0, 0.1) is 0 Å². The Morgan fingerprint density at radius 1 is 1.41 bits per heavy atom. The number of nitrogens with one attached hydrogen (secondary N) is 2. The third-order valence-corrected chi connectivity index (χ3v) is 2.75. The van der Waals surface area contributed by atoms with Crippen LogP contribution in [0.15, 0.2) is 32.8 Å². The molecule has 1 aromatic heterocycles. The molecule has 0 amide bonds. The summed E-state index contributed by atoms with van der Waals surface area (Å²) in [6.07, 6.45) is 1.67. The van der Waals surface area contributed by atoms with Gasteiger partial charge in [-0.25, -0.2) is 0 Å². The van der Waals surface area contributed by atoms with E-state index in [1.54, 1.807) is 6.26 Å². The lowest BCUT2D eigenvalue weighted by molar-refractivity contribution is 0.497. The quantitative estimate of drug-likeness (QED) is 0.754. The van der Waals surface area contributed by atoms with E-state index < -0.39 is 0 Å². The Balaban J connectivity index is 1.62. The SMILES string of the molecule is c1coc(CNC2=NCCN2C2=NCCN2)c1. The highest BCUT2D eigenvalue weighted by Gasteiger charge is 2.23. The fourth-order valence-electron chi connectivity index (χ4n) is 1.95. The predicted molar refractivity (Wildman–Crippen MR) is 64.9 cm³/mol. The maximum Gasteiger partial charge on any atom is 0.201 e. The molecule has 0 unspecified atom stereocenters. The van der Waals surface area contributed by atoms with Crippen molar-refractivity contribution in [2.24, 2.45) is 9.98 Å². The van der Waals surface area contributed by atoms with Crippen molar-refractivity contribution < 1.29 is 4.42 Å². The molecule has 0 bridgehead atoms. The van der Waals surface area contributed by atoms with Crippen molar-refractivity contribution in [2.45, 2.75) is 6.54 Å². The maximum atomic E-state index is 5.27. The zero-order valence-electron chi connectivity index (χ0n) is 9.52. The molecule has 0 spiro atoms. The van der Waals surface area contributed by atoms with Gasteiger partial charge in [0.2, 0.25) is 11.9 Å². The number of guanidine groups is 2. The lowest BCUT2D eigenvalue weighted by atomic mass is 10.4. The van der Waals surface area contributed by atoms with Gasteiger partial charge in [-0.15, -0.1) is 0 Å². The van der Waals surface area contributed by atoms with Crippen LogP contribution in [-0.4, -0.2) is 43.0 Å². The molecular formula is C11H15N5O. The first-order valence-electron chi connectivity index (χ1n) is 5.80. The molecule has 2 aliphatic heterocycles. The molecule has 0 saturated heterocycles. The van der Waals surface area contributed by atoms with Crippen molar-refractivity contribution >= 4 is 11.9 Å². The highest BCUT2D eigenvalue weighted by molar-refractivity contribution is 6.00. The molecule has 3 heterocycles. The molecule has 6 nitrogen and oxygen atoms in total. The van der Waals surface area contributed by atoms with Gasteiger partial charge in [-0.3, -0.25) is 14.9 Å². The summed E-state index contributed by atoms with van der Waals surface area (Å²) in [6.45, 7) is 4.09. The smallest absolute Gasteiger partial charge is 0.201 e. The van der Waals surface area contributed by atoms with Gasteiger partial charge in [0.05, 0.1) is 25.9 Å². The van der Waals surface area contributed by atoms with Crippen LogP contribution in [0.5, 0.6) is 0 Å². The normalized spacial score (nSPS) is 18.9. The van der Waals surface area contributed by atoms with Gasteiger partial charge >= 0.3 is 0 Å². The molecule has 6 heteroatoms. The van der Waals surface area contributed by atoms with Gasteiger partial charge in [0, 0.05) is 13.1 Å². The molecule has 0 fully saturated rings. The fourth-order valence-corrected chi connectivity index (χ4v) is 1.95. The summed E-state index contributed by atoms with van der Waals surface area (Å²) >= 11 is 0. The predicted octanol–water partition coefficient (Wildman–Crippen LogP) is -0.000000000000000167. The number of hydrogen-bond acceptors (Lipinski definition) is 6. The monoisotopic (exact) mass is 233 g/mol. The Hall–Kier alpha value is -1.98. The Labute approximate surface area is 99.4 Å². The Kier molecular flexibility index (Phi) is 2.69. The molecule has 0 aromatic carbocycles. The minimum absolute atomic E-state index is 0.648. The van der Waals surface area contributed by atoms with E-state index in [0.717, 1.165) is 43.9 Å². The van der Waals surface area contributed by atoms with Crippen molar-refractivity contribution in [3.8, 4) is 0 Å². The minimum Gasteiger partial charge on any atom is -0.467 e. The second kappa shape index (κ2) is 4.48. The molecular weight excluding hydrogens is 218 g/mol. The number of rotatable bonds is 2. The average molecular weight is 233 g/mol. The van der Waals surface area contributed by atoms with E-state index in [1.165, 1.54) is 0 Å². The van der Waals surface area contributed by atoms with Crippen molar-refractivity contribution in [3.63, 3.8) is 0 Å². The van der Waals surface area contributed by atoms with Crippen LogP contribution in [0.3, 0.4) is 0 Å². The molecule has 0 aliphatic carbocycles. The van der Waals surface area contributed by atoms with Gasteiger partial charge in [0.25, 0.3) is 0 Å². The van der Waals surface area contributed by atoms with E-state index in [4.69, 9.17) is 4.42 Å². The van der Waals surface area contributed by atoms with Gasteiger partial charge in [-0.05, 0) is 12.1 Å². The van der Waals surface area contributed by atoms with E-state index in [0.29, 0.717) is 6.54 Å². The van der Waals surface area contributed by atoms with Crippen molar-refractivity contribution in [3.05, 3.63) is 24.2 Å². The van der Waals surface area contributed by atoms with E-state index in [-0.39, 0.29) is 0 Å². The van der Waals surface area contributed by atoms with Crippen molar-refractivity contribution in [2.75, 3.05) is 26.2 Å². The molecule has 1 aromatic rings. The zero-order valence-corrected chi connectivity index (χ0v) is 9.52. The summed E-state index contributed by atoms with van der Waals surface area (Å²) in [6, 6.07) is 3.83. The van der Waals surface area contributed by atoms with Crippen LogP contribution in [0.2, 0.25) is 0 Å². The van der Waals surface area contributed by atoms with Gasteiger partial charge in [0.1, 0.15) is 5.76 Å². The summed E-state index contributed by atoms with van der Waals surface area (Å²) in [5, 5.41) is 6.53. The molecule has 0 saturated carbocycles. The highest BCUT2D eigenvalue weighted by Crippen LogP contribution is 2.05. The first-order valence-corrected chi connectivity index (χ1v) is 5.80. The van der Waals surface area contributed by atoms with Gasteiger partial charge in [-0.2, -0.15) is 0 Å². The first-order chi connectivity index (χ1) is 8.43. The van der Waals surface area contributed by atoms with E-state index >= 15 is 0 Å². The maximum absolute atomic E-state index is 5.27. The topological polar surface area (TPSA) is 65.2 Å². The molecule has 2 aliphatic rings. The van der Waals surface area contributed by atoms with Crippen LogP contribution in [0.4, 0.5) is 0 Å². The molecule has 0 atom stereocenters. The lowest BCUT2D eigenvalue weighted by Crippen LogP contribution is -2.46. The standard InChI is InChI=1S/C11H15N5O/c1-2-9(17-7-1)8-15-11-14-5-6-16(11)10-12-3-4-13-10/h1-2,7H,3-6,8H2,(H,12,13)(H,14,15). The van der Waals surface area contributed by atoms with E-state index in [1.807, 2.05) is 12.1 Å². The molecule has 0 radical (unpaired) electrons. The van der Waals surface area contributed by atoms with Crippen LogP contribution < -0.4 is 10.6 Å². The van der Waals surface area contributed by atoms with Crippen LogP contribution in [-0.2, 0) is 6.54 Å². The van der Waals surface area contributed by atoms with E-state index in [2.05, 4.69) is 25.5 Å². The van der Waals surface area contributed by atoms with E-state index in [9.17, 15) is 0 Å². The number of hydrogen-bond donors (Lipinski definition) is 2. The molecule has 2 N–H and O–H groups in total. The fraction of sp³-hybridized carbons (Fsp3) is 0.455. The summed E-state index contributed by atoms with van der Waals surface area (Å²) in [7, 11) is 0. The Morgan fingerprint density at radius 2 is 2.41 bits per heavy atom. The third kappa shape index (κ3) is 2.11. The van der Waals surface area contributed by atoms with Crippen molar-refractivity contribution in [1.82, 2.24) is 15.5 Å². The molecule has 90 valence electrons. The number of aliphatic imine (C=N–C) groups is 2. The van der Waals surface area contributed by atoms with Gasteiger partial charge in [0.15, 0.2) is 0 Å². The van der Waals surface area contributed by atoms with Crippen molar-refractivity contribution in [1.29, 1.82) is 0 Å². The minimum atomic E-state index is 0.648. The van der Waals surface area contributed by atoms with Gasteiger partial charge in [-0.1, -0.05) is 0 Å². The van der Waals surface area contributed by atoms with Crippen LogP contribution in [0.25, 0.3) is 0 Å². The van der Waals surface area contributed by atoms with Gasteiger partial charge < -0.3 is 15.1 Å². The number of furan rings is 1. The van der Waals surface area contributed by atoms with Crippen LogP contribution in [0.1, 0.15) is 5.76 Å².